The van der Waals surface area contributed by atoms with Gasteiger partial charge in [-0.1, -0.05) is 54.5 Å². The number of allylic oxidation sites excluding steroid dienone is 4. The molecule has 1 heterocycles. The van der Waals surface area contributed by atoms with E-state index in [1.807, 2.05) is 56.4 Å². The summed E-state index contributed by atoms with van der Waals surface area (Å²) in [5.74, 6) is 0.753. The molecule has 0 aliphatic heterocycles. The molecule has 0 radical (unpaired) electrons. The van der Waals surface area contributed by atoms with Gasteiger partial charge < -0.3 is 15.3 Å². The van der Waals surface area contributed by atoms with E-state index in [0.717, 1.165) is 79.1 Å². The lowest BCUT2D eigenvalue weighted by molar-refractivity contribution is 0.0175. The molecule has 0 bridgehead atoms. The van der Waals surface area contributed by atoms with Crippen molar-refractivity contribution in [1.82, 2.24) is 14.8 Å². The van der Waals surface area contributed by atoms with Crippen molar-refractivity contribution in [1.29, 1.82) is 0 Å². The van der Waals surface area contributed by atoms with Crippen molar-refractivity contribution in [2.75, 3.05) is 39.5 Å². The van der Waals surface area contributed by atoms with Crippen molar-refractivity contribution < 1.29 is 9.50 Å². The smallest absolute Gasteiger partial charge is 0.133 e. The fraction of sp³-hybridized carbons (Fsp3) is 0.400. The van der Waals surface area contributed by atoms with E-state index in [0.29, 0.717) is 0 Å². The molecule has 0 saturated carbocycles. The van der Waals surface area contributed by atoms with Crippen LogP contribution in [-0.4, -0.2) is 54.1 Å². The maximum absolute atomic E-state index is 15.4. The van der Waals surface area contributed by atoms with Gasteiger partial charge in [0.25, 0.3) is 0 Å². The van der Waals surface area contributed by atoms with Crippen molar-refractivity contribution in [3.8, 4) is 11.3 Å². The number of hydrogen-bond donors (Lipinski definition) is 2. The molecular weight excluding hydrogens is 511 g/mol. The van der Waals surface area contributed by atoms with E-state index in [4.69, 9.17) is 4.98 Å². The zero-order valence-corrected chi connectivity index (χ0v) is 25.0. The highest BCUT2D eigenvalue weighted by Crippen LogP contribution is 2.46. The van der Waals surface area contributed by atoms with Gasteiger partial charge in [0.1, 0.15) is 17.9 Å². The number of nitrogens with one attached hydrogen (secondary N) is 1. The number of aliphatic hydroxyl groups excluding tert-OH is 1. The molecule has 2 aromatic carbocycles. The summed E-state index contributed by atoms with van der Waals surface area (Å²) >= 11 is 0. The van der Waals surface area contributed by atoms with Crippen LogP contribution in [0.1, 0.15) is 67.0 Å². The van der Waals surface area contributed by atoms with E-state index >= 15 is 4.39 Å². The molecule has 3 aromatic rings. The molecular formula is C35H43FN4O. The number of aryl methyl sites for hydroxylation is 2. The third-order valence-corrected chi connectivity index (χ3v) is 8.50. The maximum atomic E-state index is 15.4. The Labute approximate surface area is 244 Å². The van der Waals surface area contributed by atoms with Crippen LogP contribution in [0.25, 0.3) is 11.3 Å². The third kappa shape index (κ3) is 6.45. The van der Waals surface area contributed by atoms with Gasteiger partial charge >= 0.3 is 0 Å². The number of halogens is 1. The Balaban J connectivity index is 1.42. The lowest BCUT2D eigenvalue weighted by Crippen LogP contribution is -2.31. The first-order valence-corrected chi connectivity index (χ1v) is 14.8. The van der Waals surface area contributed by atoms with Crippen molar-refractivity contribution in [2.24, 2.45) is 0 Å². The van der Waals surface area contributed by atoms with E-state index < -0.39 is 6.23 Å². The van der Waals surface area contributed by atoms with Gasteiger partial charge in [0.2, 0.25) is 0 Å². The summed E-state index contributed by atoms with van der Waals surface area (Å²) in [5, 5.41) is 14.2. The van der Waals surface area contributed by atoms with Crippen LogP contribution >= 0.6 is 0 Å². The molecule has 5 rings (SSSR count). The number of aromatic nitrogens is 1. The molecule has 2 aliphatic rings. The standard InChI is InChI=1S/C35H43FN4O/c1-6-24-8-7-9-31(36)33(24)28-18-13-25-14-19-32(38-34(25)29-17-10-23(2)22-30(28)29)37-27-15-11-26(12-16-27)35(41)40(5)21-20-39(3)4/h9-12,14-17,19,22,28,35,41H,6-8,13,18,20-21H2,1-5H3,(H,37,38). The molecule has 2 aliphatic carbocycles. The monoisotopic (exact) mass is 554 g/mol. The van der Waals surface area contributed by atoms with Crippen LogP contribution in [0.4, 0.5) is 15.9 Å². The number of rotatable bonds is 9. The highest BCUT2D eigenvalue weighted by molar-refractivity contribution is 5.73. The van der Waals surface area contributed by atoms with E-state index in [2.05, 4.69) is 48.3 Å². The Kier molecular flexibility index (Phi) is 9.03. The van der Waals surface area contributed by atoms with Crippen molar-refractivity contribution in [3.63, 3.8) is 0 Å². The normalized spacial score (nSPS) is 17.7. The molecule has 1 aromatic heterocycles. The summed E-state index contributed by atoms with van der Waals surface area (Å²) < 4.78 is 15.4. The Hall–Kier alpha value is -3.32. The number of aliphatic hydroxyl groups is 1. The fourth-order valence-corrected chi connectivity index (χ4v) is 6.12. The topological polar surface area (TPSA) is 51.6 Å². The van der Waals surface area contributed by atoms with Crippen LogP contribution < -0.4 is 5.32 Å². The molecule has 216 valence electrons. The Morgan fingerprint density at radius 2 is 1.80 bits per heavy atom. The van der Waals surface area contributed by atoms with Gasteiger partial charge in [-0.25, -0.2) is 9.37 Å². The molecule has 0 fully saturated rings. The number of nitrogens with zero attached hydrogens (tertiary/aromatic N) is 3. The molecule has 0 spiro atoms. The van der Waals surface area contributed by atoms with Crippen LogP contribution in [0.2, 0.25) is 0 Å². The van der Waals surface area contributed by atoms with Crippen LogP contribution in [0.3, 0.4) is 0 Å². The Bertz CT molecular complexity index is 1440. The highest BCUT2D eigenvalue weighted by Gasteiger charge is 2.30. The molecule has 2 unspecified atom stereocenters. The Morgan fingerprint density at radius 3 is 2.54 bits per heavy atom. The molecule has 2 N–H and O–H groups in total. The number of fused-ring (bicyclic) bond motifs is 3. The van der Waals surface area contributed by atoms with Gasteiger partial charge in [-0.15, -0.1) is 0 Å². The predicted molar refractivity (Wildman–Crippen MR) is 167 cm³/mol. The van der Waals surface area contributed by atoms with E-state index in [9.17, 15) is 5.11 Å². The first kappa shape index (κ1) is 29.2. The van der Waals surface area contributed by atoms with Crippen molar-refractivity contribution >= 4 is 11.5 Å². The molecule has 41 heavy (non-hydrogen) atoms. The number of benzene rings is 2. The van der Waals surface area contributed by atoms with E-state index in [1.165, 1.54) is 22.3 Å². The Morgan fingerprint density at radius 1 is 1.02 bits per heavy atom. The number of hydrogen-bond acceptors (Lipinski definition) is 5. The number of anilines is 2. The third-order valence-electron chi connectivity index (χ3n) is 8.50. The van der Waals surface area contributed by atoms with Gasteiger partial charge in [0.05, 0.1) is 5.69 Å². The SMILES string of the molecule is CCC1=C(C2CCc3ccc(Nc4ccc(C(O)N(C)CCN(C)C)cc4)nc3-c3ccc(C)cc32)C(F)=CCC1. The summed E-state index contributed by atoms with van der Waals surface area (Å²) in [4.78, 5) is 9.15. The minimum absolute atomic E-state index is 0.0248. The second kappa shape index (κ2) is 12.7. The van der Waals surface area contributed by atoms with Crippen LogP contribution in [-0.2, 0) is 6.42 Å². The van der Waals surface area contributed by atoms with Gasteiger partial charge in [-0.3, -0.25) is 4.90 Å². The second-order valence-electron chi connectivity index (χ2n) is 11.8. The van der Waals surface area contributed by atoms with Crippen molar-refractivity contribution in [3.05, 3.63) is 99.9 Å². The van der Waals surface area contributed by atoms with Gasteiger partial charge in [0, 0.05) is 30.3 Å². The summed E-state index contributed by atoms with van der Waals surface area (Å²) in [6.45, 7) is 5.91. The molecule has 5 nitrogen and oxygen atoms in total. The van der Waals surface area contributed by atoms with E-state index in [1.54, 1.807) is 6.08 Å². The molecule has 0 saturated heterocycles. The molecule has 0 amide bonds. The minimum atomic E-state index is -0.658. The first-order chi connectivity index (χ1) is 19.7. The lowest BCUT2D eigenvalue weighted by Gasteiger charge is -2.26. The molecule has 6 heteroatoms. The summed E-state index contributed by atoms with van der Waals surface area (Å²) in [7, 11) is 5.99. The number of likely N-dealkylation sites (N-methyl/N-ethyl adjacent to an activating group) is 2. The average Bonchev–Trinajstić information content (AvgIpc) is 3.12. The quantitative estimate of drug-likeness (QED) is 0.266. The molecule has 2 atom stereocenters. The lowest BCUT2D eigenvalue weighted by atomic mass is 9.79. The predicted octanol–water partition coefficient (Wildman–Crippen LogP) is 7.67. The zero-order chi connectivity index (χ0) is 29.1. The average molecular weight is 555 g/mol. The fourth-order valence-electron chi connectivity index (χ4n) is 6.12. The van der Waals surface area contributed by atoms with Crippen LogP contribution in [0, 0.1) is 6.92 Å². The first-order valence-electron chi connectivity index (χ1n) is 14.8. The largest absolute Gasteiger partial charge is 0.374 e. The van der Waals surface area contributed by atoms with Gasteiger partial charge in [-0.2, -0.15) is 0 Å². The van der Waals surface area contributed by atoms with E-state index in [-0.39, 0.29) is 11.7 Å². The summed E-state index contributed by atoms with van der Waals surface area (Å²) in [5.41, 5.74) is 9.54. The van der Waals surface area contributed by atoms with Gasteiger partial charge in [0.15, 0.2) is 0 Å². The van der Waals surface area contributed by atoms with Gasteiger partial charge in [-0.05, 0) is 107 Å². The van der Waals surface area contributed by atoms with Crippen LogP contribution in [0.15, 0.2) is 77.6 Å². The number of pyridine rings is 1. The second-order valence-corrected chi connectivity index (χ2v) is 11.8. The van der Waals surface area contributed by atoms with Crippen LogP contribution in [0.5, 0.6) is 0 Å². The summed E-state index contributed by atoms with van der Waals surface area (Å²) in [6, 6.07) is 18.6. The highest BCUT2D eigenvalue weighted by atomic mass is 19.1. The van der Waals surface area contributed by atoms with Crippen molar-refractivity contribution in [2.45, 2.75) is 58.1 Å². The zero-order valence-electron chi connectivity index (χ0n) is 25.0. The minimum Gasteiger partial charge on any atom is -0.374 e. The summed E-state index contributed by atoms with van der Waals surface area (Å²) in [6.07, 6.45) is 5.45. The maximum Gasteiger partial charge on any atom is 0.133 e.